The van der Waals surface area contributed by atoms with Crippen LogP contribution >= 0.6 is 0 Å². The fourth-order valence-corrected chi connectivity index (χ4v) is 2.03. The van der Waals surface area contributed by atoms with Gasteiger partial charge in [0.15, 0.2) is 0 Å². The molecule has 0 spiro atoms. The van der Waals surface area contributed by atoms with E-state index in [1.807, 2.05) is 6.08 Å². The second kappa shape index (κ2) is 7.95. The van der Waals surface area contributed by atoms with Crippen LogP contribution in [0, 0.1) is 6.92 Å². The lowest BCUT2D eigenvalue weighted by atomic mass is 10.2. The maximum Gasteiger partial charge on any atom is 0.129 e. The van der Waals surface area contributed by atoms with Crippen molar-refractivity contribution in [3.8, 4) is 0 Å². The summed E-state index contributed by atoms with van der Waals surface area (Å²) in [5, 5.41) is 3.42. The van der Waals surface area contributed by atoms with Gasteiger partial charge in [0.25, 0.3) is 0 Å². The molecule has 106 valence electrons. The van der Waals surface area contributed by atoms with E-state index < -0.39 is 0 Å². The first kappa shape index (κ1) is 15.7. The van der Waals surface area contributed by atoms with Gasteiger partial charge in [-0.3, -0.25) is 0 Å². The van der Waals surface area contributed by atoms with Gasteiger partial charge in [-0.05, 0) is 45.4 Å². The minimum absolute atomic E-state index is 0.425. The van der Waals surface area contributed by atoms with Crippen LogP contribution in [0.4, 0.5) is 5.82 Å². The van der Waals surface area contributed by atoms with E-state index in [0.717, 1.165) is 37.6 Å². The molecule has 19 heavy (non-hydrogen) atoms. The number of aromatic nitrogens is 1. The molecule has 1 aromatic heterocycles. The van der Waals surface area contributed by atoms with Crippen molar-refractivity contribution in [2.75, 3.05) is 18.0 Å². The molecule has 0 unspecified atom stereocenters. The zero-order valence-corrected chi connectivity index (χ0v) is 12.7. The normalized spacial score (nSPS) is 10.8. The van der Waals surface area contributed by atoms with Gasteiger partial charge < -0.3 is 10.2 Å². The van der Waals surface area contributed by atoms with Gasteiger partial charge in [0.1, 0.15) is 5.82 Å². The summed E-state index contributed by atoms with van der Waals surface area (Å²) < 4.78 is 0. The number of hydrogen-bond acceptors (Lipinski definition) is 3. The molecule has 3 heteroatoms. The minimum atomic E-state index is 0.425. The van der Waals surface area contributed by atoms with Crippen molar-refractivity contribution in [3.63, 3.8) is 0 Å². The quantitative estimate of drug-likeness (QED) is 0.575. The monoisotopic (exact) mass is 261 g/mol. The molecule has 0 aliphatic carbocycles. The van der Waals surface area contributed by atoms with E-state index in [2.05, 4.69) is 56.6 Å². The lowest BCUT2D eigenvalue weighted by Crippen LogP contribution is -2.31. The maximum atomic E-state index is 4.73. The van der Waals surface area contributed by atoms with E-state index in [4.69, 9.17) is 4.98 Å². The highest BCUT2D eigenvalue weighted by Gasteiger charge is 2.11. The maximum absolute atomic E-state index is 4.73. The molecule has 1 heterocycles. The molecule has 0 aromatic carbocycles. The largest absolute Gasteiger partial charge is 0.350 e. The van der Waals surface area contributed by atoms with Crippen LogP contribution in [0.1, 0.15) is 38.4 Å². The summed E-state index contributed by atoms with van der Waals surface area (Å²) in [4.78, 5) is 6.98. The van der Waals surface area contributed by atoms with Crippen LogP contribution in [0.25, 0.3) is 0 Å². The lowest BCUT2D eigenvalue weighted by Gasteiger charge is -2.27. The molecule has 0 bridgehead atoms. The van der Waals surface area contributed by atoms with Gasteiger partial charge in [-0.1, -0.05) is 19.1 Å². The Labute approximate surface area is 117 Å². The van der Waals surface area contributed by atoms with Gasteiger partial charge >= 0.3 is 0 Å². The number of hydrogen-bond donors (Lipinski definition) is 1. The van der Waals surface area contributed by atoms with Gasteiger partial charge in [-0.15, -0.1) is 6.58 Å². The fourth-order valence-electron chi connectivity index (χ4n) is 2.03. The summed E-state index contributed by atoms with van der Waals surface area (Å²) in [5.41, 5.74) is 2.38. The summed E-state index contributed by atoms with van der Waals surface area (Å²) in [6.45, 7) is 15.2. The molecule has 1 aromatic rings. The molecule has 0 saturated heterocycles. The predicted molar refractivity (Wildman–Crippen MR) is 83.7 cm³/mol. The molecule has 0 atom stereocenters. The summed E-state index contributed by atoms with van der Waals surface area (Å²) in [7, 11) is 0. The first-order valence-electron chi connectivity index (χ1n) is 7.14. The first-order chi connectivity index (χ1) is 9.10. The highest BCUT2D eigenvalue weighted by atomic mass is 15.2. The summed E-state index contributed by atoms with van der Waals surface area (Å²) in [6, 6.07) is 4.71. The van der Waals surface area contributed by atoms with E-state index >= 15 is 0 Å². The number of nitrogens with one attached hydrogen (secondary N) is 1. The van der Waals surface area contributed by atoms with Crippen LogP contribution < -0.4 is 10.2 Å². The standard InChI is InChI=1S/C16H27N3/c1-6-10-17-12-15-8-9-16(18-14(15)5)19(11-7-2)13(3)4/h7-9,13,17H,2,6,10-12H2,1,3-5H3. The van der Waals surface area contributed by atoms with Crippen LogP contribution in [0.15, 0.2) is 24.8 Å². The van der Waals surface area contributed by atoms with Crippen LogP contribution in [-0.2, 0) is 6.54 Å². The zero-order valence-electron chi connectivity index (χ0n) is 12.7. The highest BCUT2D eigenvalue weighted by Crippen LogP contribution is 2.17. The van der Waals surface area contributed by atoms with Crippen LogP contribution in [0.3, 0.4) is 0 Å². The molecular weight excluding hydrogens is 234 g/mol. The SMILES string of the molecule is C=CCN(c1ccc(CNCCC)c(C)n1)C(C)C. The molecular formula is C16H27N3. The molecule has 3 nitrogen and oxygen atoms in total. The molecule has 0 aliphatic heterocycles. The van der Waals surface area contributed by atoms with E-state index in [-0.39, 0.29) is 0 Å². The average Bonchev–Trinajstić information content (AvgIpc) is 2.37. The Bertz CT molecular complexity index is 399. The Kier molecular flexibility index (Phi) is 6.57. The van der Waals surface area contributed by atoms with Gasteiger partial charge in [-0.25, -0.2) is 4.98 Å². The van der Waals surface area contributed by atoms with E-state index in [1.54, 1.807) is 0 Å². The molecule has 1 rings (SSSR count). The third-order valence-electron chi connectivity index (χ3n) is 3.17. The number of rotatable bonds is 8. The highest BCUT2D eigenvalue weighted by molar-refractivity contribution is 5.43. The van der Waals surface area contributed by atoms with Crippen molar-refractivity contribution in [3.05, 3.63) is 36.0 Å². The zero-order chi connectivity index (χ0) is 14.3. The Morgan fingerprint density at radius 1 is 1.42 bits per heavy atom. The lowest BCUT2D eigenvalue weighted by molar-refractivity contribution is 0.668. The third kappa shape index (κ3) is 4.67. The Morgan fingerprint density at radius 2 is 2.16 bits per heavy atom. The first-order valence-corrected chi connectivity index (χ1v) is 7.14. The van der Waals surface area contributed by atoms with Gasteiger partial charge in [0, 0.05) is 24.8 Å². The molecule has 0 saturated carbocycles. The second-order valence-corrected chi connectivity index (χ2v) is 5.13. The van der Waals surface area contributed by atoms with Crippen LogP contribution in [0.2, 0.25) is 0 Å². The smallest absolute Gasteiger partial charge is 0.129 e. The molecule has 0 radical (unpaired) electrons. The number of anilines is 1. The van der Waals surface area contributed by atoms with Gasteiger partial charge in [-0.2, -0.15) is 0 Å². The predicted octanol–water partition coefficient (Wildman–Crippen LogP) is 3.29. The van der Waals surface area contributed by atoms with Crippen molar-refractivity contribution in [1.29, 1.82) is 0 Å². The Balaban J connectivity index is 2.82. The van der Waals surface area contributed by atoms with Crippen molar-refractivity contribution < 1.29 is 0 Å². The summed E-state index contributed by atoms with van der Waals surface area (Å²) in [5.74, 6) is 1.03. The van der Waals surface area contributed by atoms with Gasteiger partial charge in [0.2, 0.25) is 0 Å². The molecule has 1 N–H and O–H groups in total. The summed E-state index contributed by atoms with van der Waals surface area (Å²) >= 11 is 0. The second-order valence-electron chi connectivity index (χ2n) is 5.13. The van der Waals surface area contributed by atoms with Gasteiger partial charge in [0.05, 0.1) is 0 Å². The van der Waals surface area contributed by atoms with E-state index in [9.17, 15) is 0 Å². The Morgan fingerprint density at radius 3 is 2.68 bits per heavy atom. The van der Waals surface area contributed by atoms with E-state index in [1.165, 1.54) is 5.56 Å². The fraction of sp³-hybridized carbons (Fsp3) is 0.562. The van der Waals surface area contributed by atoms with Crippen molar-refractivity contribution >= 4 is 5.82 Å². The minimum Gasteiger partial charge on any atom is -0.350 e. The van der Waals surface area contributed by atoms with Crippen LogP contribution in [0.5, 0.6) is 0 Å². The molecule has 0 aliphatic rings. The number of pyridine rings is 1. The molecule has 0 fully saturated rings. The number of nitrogens with zero attached hydrogens (tertiary/aromatic N) is 2. The average molecular weight is 261 g/mol. The topological polar surface area (TPSA) is 28.2 Å². The van der Waals surface area contributed by atoms with Crippen LogP contribution in [-0.4, -0.2) is 24.1 Å². The van der Waals surface area contributed by atoms with Crippen molar-refractivity contribution in [2.45, 2.75) is 46.7 Å². The Hall–Kier alpha value is -1.35. The molecule has 0 amide bonds. The number of aryl methyl sites for hydroxylation is 1. The van der Waals surface area contributed by atoms with Crippen molar-refractivity contribution in [1.82, 2.24) is 10.3 Å². The summed E-state index contributed by atoms with van der Waals surface area (Å²) in [6.07, 6.45) is 3.08. The van der Waals surface area contributed by atoms with Crippen molar-refractivity contribution in [2.24, 2.45) is 0 Å². The van der Waals surface area contributed by atoms with E-state index in [0.29, 0.717) is 6.04 Å². The third-order valence-corrected chi connectivity index (χ3v) is 3.17.